The molecule has 5 nitrogen and oxygen atoms in total. The van der Waals surface area contributed by atoms with Gasteiger partial charge in [0.25, 0.3) is 5.91 Å². The number of carboxylic acids is 1. The van der Waals surface area contributed by atoms with Gasteiger partial charge in [0.1, 0.15) is 0 Å². The first-order chi connectivity index (χ1) is 18.2. The molecule has 0 aromatic heterocycles. The quantitative estimate of drug-likeness (QED) is 0.225. The van der Waals surface area contributed by atoms with E-state index in [2.05, 4.69) is 10.6 Å². The van der Waals surface area contributed by atoms with Crippen molar-refractivity contribution < 1.29 is 27.9 Å². The van der Waals surface area contributed by atoms with Crippen LogP contribution in [0.3, 0.4) is 0 Å². The minimum atomic E-state index is -4.41. The van der Waals surface area contributed by atoms with Gasteiger partial charge in [0.05, 0.1) is 18.2 Å². The number of carbonyl (C=O) groups excluding carboxylic acids is 1. The van der Waals surface area contributed by atoms with Crippen LogP contribution in [0.2, 0.25) is 0 Å². The van der Waals surface area contributed by atoms with Crippen LogP contribution in [-0.4, -0.2) is 23.1 Å². The van der Waals surface area contributed by atoms with Crippen molar-refractivity contribution in [3.63, 3.8) is 0 Å². The Bertz CT molecular complexity index is 1370. The van der Waals surface area contributed by atoms with Crippen molar-refractivity contribution in [2.45, 2.75) is 25.3 Å². The molecule has 0 heterocycles. The number of rotatable bonds is 9. The van der Waals surface area contributed by atoms with Crippen LogP contribution in [0.1, 0.15) is 27.9 Å². The van der Waals surface area contributed by atoms with Crippen LogP contribution in [0.4, 0.5) is 13.2 Å². The van der Waals surface area contributed by atoms with Crippen LogP contribution in [-0.2, 0) is 17.5 Å². The Kier molecular flexibility index (Phi) is 8.23. The molecule has 0 bridgehead atoms. The van der Waals surface area contributed by atoms with Gasteiger partial charge in [0.15, 0.2) is 0 Å². The van der Waals surface area contributed by atoms with Gasteiger partial charge in [0.2, 0.25) is 0 Å². The summed E-state index contributed by atoms with van der Waals surface area (Å²) in [6.07, 6.45) is -5.55. The van der Waals surface area contributed by atoms with Crippen LogP contribution >= 0.6 is 0 Å². The van der Waals surface area contributed by atoms with Crippen molar-refractivity contribution in [1.29, 1.82) is 0 Å². The molecule has 38 heavy (non-hydrogen) atoms. The van der Waals surface area contributed by atoms with E-state index >= 15 is 0 Å². The molecular formula is C30H25F3N2O3. The molecule has 0 aliphatic heterocycles. The number of aliphatic carboxylic acids is 1. The highest BCUT2D eigenvalue weighted by molar-refractivity contribution is 5.95. The summed E-state index contributed by atoms with van der Waals surface area (Å²) in [5.74, 6) is -1.54. The first-order valence-electron chi connectivity index (χ1n) is 11.9. The maximum atomic E-state index is 12.8. The van der Waals surface area contributed by atoms with Gasteiger partial charge in [-0.15, -0.1) is 0 Å². The second-order valence-corrected chi connectivity index (χ2v) is 8.72. The molecule has 1 amide bonds. The molecule has 0 aliphatic carbocycles. The zero-order valence-corrected chi connectivity index (χ0v) is 20.2. The number of halogens is 3. The van der Waals surface area contributed by atoms with Gasteiger partial charge in [0, 0.05) is 12.1 Å². The van der Waals surface area contributed by atoms with Crippen molar-refractivity contribution in [3.8, 4) is 22.3 Å². The number of benzene rings is 4. The van der Waals surface area contributed by atoms with Crippen LogP contribution in [0, 0.1) is 0 Å². The minimum absolute atomic E-state index is 0.296. The molecule has 8 heteroatoms. The summed E-state index contributed by atoms with van der Waals surface area (Å²) in [6.45, 7) is 0.347. The van der Waals surface area contributed by atoms with E-state index in [0.29, 0.717) is 23.2 Å². The van der Waals surface area contributed by atoms with Gasteiger partial charge in [-0.3, -0.25) is 14.9 Å². The molecule has 0 saturated carbocycles. The number of amides is 1. The van der Waals surface area contributed by atoms with Crippen LogP contribution in [0.5, 0.6) is 0 Å². The average molecular weight is 519 g/mol. The molecule has 0 aliphatic rings. The SMILES string of the molecule is O=C(O)CC(NCc1ccc(-c2ccccc2)cc1)NC(=O)c1ccc(-c2ccc(C(F)(F)F)cc2)cc1. The lowest BCUT2D eigenvalue weighted by Crippen LogP contribution is -2.46. The van der Waals surface area contributed by atoms with Crippen molar-refractivity contribution in [2.24, 2.45) is 0 Å². The lowest BCUT2D eigenvalue weighted by Gasteiger charge is -2.19. The molecule has 0 radical (unpaired) electrons. The number of alkyl halides is 3. The van der Waals surface area contributed by atoms with E-state index in [1.165, 1.54) is 12.1 Å². The van der Waals surface area contributed by atoms with Crippen LogP contribution < -0.4 is 10.6 Å². The van der Waals surface area contributed by atoms with Crippen LogP contribution in [0.15, 0.2) is 103 Å². The Balaban J connectivity index is 1.38. The fraction of sp³-hybridized carbons (Fsp3) is 0.133. The van der Waals surface area contributed by atoms with Gasteiger partial charge in [-0.2, -0.15) is 13.2 Å². The Hall–Kier alpha value is -4.43. The predicted octanol–water partition coefficient (Wildman–Crippen LogP) is 6.36. The Morgan fingerprint density at radius 1 is 0.711 bits per heavy atom. The highest BCUT2D eigenvalue weighted by atomic mass is 19.4. The zero-order valence-electron chi connectivity index (χ0n) is 20.2. The van der Waals surface area contributed by atoms with E-state index in [1.807, 2.05) is 54.6 Å². The number of nitrogens with one attached hydrogen (secondary N) is 2. The summed E-state index contributed by atoms with van der Waals surface area (Å²) in [7, 11) is 0. The minimum Gasteiger partial charge on any atom is -0.481 e. The summed E-state index contributed by atoms with van der Waals surface area (Å²) < 4.78 is 38.4. The Labute approximate surface area is 218 Å². The first kappa shape index (κ1) is 26.6. The van der Waals surface area contributed by atoms with E-state index in [9.17, 15) is 27.9 Å². The molecule has 3 N–H and O–H groups in total. The topological polar surface area (TPSA) is 78.4 Å². The maximum Gasteiger partial charge on any atom is 0.416 e. The lowest BCUT2D eigenvalue weighted by atomic mass is 10.0. The molecule has 0 spiro atoms. The van der Waals surface area contributed by atoms with E-state index in [0.717, 1.165) is 28.8 Å². The summed E-state index contributed by atoms with van der Waals surface area (Å²) in [5.41, 5.74) is 3.86. The average Bonchev–Trinajstić information content (AvgIpc) is 2.92. The summed E-state index contributed by atoms with van der Waals surface area (Å²) in [5, 5.41) is 15.1. The fourth-order valence-corrected chi connectivity index (χ4v) is 3.94. The summed E-state index contributed by atoms with van der Waals surface area (Å²) in [6, 6.07) is 28.9. The lowest BCUT2D eigenvalue weighted by molar-refractivity contribution is -0.138. The first-order valence-corrected chi connectivity index (χ1v) is 11.9. The molecule has 0 saturated heterocycles. The van der Waals surface area contributed by atoms with Gasteiger partial charge in [-0.1, -0.05) is 78.9 Å². The third-order valence-corrected chi connectivity index (χ3v) is 5.99. The summed E-state index contributed by atoms with van der Waals surface area (Å²) >= 11 is 0. The van der Waals surface area contributed by atoms with E-state index in [4.69, 9.17) is 0 Å². The maximum absolute atomic E-state index is 12.8. The van der Waals surface area contributed by atoms with Crippen molar-refractivity contribution in [3.05, 3.63) is 120 Å². The van der Waals surface area contributed by atoms with Gasteiger partial charge < -0.3 is 10.4 Å². The molecule has 1 unspecified atom stereocenters. The zero-order chi connectivity index (χ0) is 27.1. The molecule has 0 fully saturated rings. The number of hydrogen-bond donors (Lipinski definition) is 3. The number of carboxylic acid groups (broad SMARTS) is 1. The normalized spacial score (nSPS) is 12.1. The smallest absolute Gasteiger partial charge is 0.416 e. The molecule has 4 aromatic rings. The molecule has 194 valence electrons. The van der Waals surface area contributed by atoms with Gasteiger partial charge in [-0.05, 0) is 52.1 Å². The number of carbonyl (C=O) groups is 2. The third kappa shape index (κ3) is 7.08. The molecular weight excluding hydrogens is 493 g/mol. The van der Waals surface area contributed by atoms with Crippen LogP contribution in [0.25, 0.3) is 22.3 Å². The van der Waals surface area contributed by atoms with Gasteiger partial charge >= 0.3 is 12.1 Å². The molecule has 4 rings (SSSR count). The second-order valence-electron chi connectivity index (χ2n) is 8.72. The number of hydrogen-bond acceptors (Lipinski definition) is 3. The van der Waals surface area contributed by atoms with Crippen molar-refractivity contribution in [2.75, 3.05) is 0 Å². The van der Waals surface area contributed by atoms with E-state index < -0.39 is 29.8 Å². The van der Waals surface area contributed by atoms with E-state index in [-0.39, 0.29) is 6.42 Å². The van der Waals surface area contributed by atoms with E-state index in [1.54, 1.807) is 24.3 Å². The molecule has 4 aromatic carbocycles. The largest absolute Gasteiger partial charge is 0.481 e. The highest BCUT2D eigenvalue weighted by Crippen LogP contribution is 2.31. The Morgan fingerprint density at radius 3 is 1.74 bits per heavy atom. The van der Waals surface area contributed by atoms with Gasteiger partial charge in [-0.25, -0.2) is 0 Å². The third-order valence-electron chi connectivity index (χ3n) is 5.99. The van der Waals surface area contributed by atoms with Crippen molar-refractivity contribution in [1.82, 2.24) is 10.6 Å². The second kappa shape index (κ2) is 11.7. The standard InChI is InChI=1S/C30H25F3N2O3/c31-30(32,33)26-16-14-24(15-17-26)23-10-12-25(13-11-23)29(38)35-27(18-28(36)37)34-19-20-6-8-22(9-7-20)21-4-2-1-3-5-21/h1-17,27,34H,18-19H2,(H,35,38)(H,36,37). The Morgan fingerprint density at radius 2 is 1.21 bits per heavy atom. The fourth-order valence-electron chi connectivity index (χ4n) is 3.94. The van der Waals surface area contributed by atoms with Crippen molar-refractivity contribution >= 4 is 11.9 Å². The molecule has 1 atom stereocenters. The monoisotopic (exact) mass is 518 g/mol. The highest BCUT2D eigenvalue weighted by Gasteiger charge is 2.30. The predicted molar refractivity (Wildman–Crippen MR) is 139 cm³/mol. The summed E-state index contributed by atoms with van der Waals surface area (Å²) in [4.78, 5) is 24.1.